The topological polar surface area (TPSA) is 24.4 Å². The van der Waals surface area contributed by atoms with Gasteiger partial charge in [-0.3, -0.25) is 0 Å². The van der Waals surface area contributed by atoms with Crippen molar-refractivity contribution in [2.75, 3.05) is 6.54 Å². The van der Waals surface area contributed by atoms with Crippen LogP contribution in [0.1, 0.15) is 17.0 Å². The lowest BCUT2D eigenvalue weighted by molar-refractivity contribution is 0.626. The van der Waals surface area contributed by atoms with Gasteiger partial charge in [0.15, 0.2) is 0 Å². The van der Waals surface area contributed by atoms with Gasteiger partial charge in [-0.15, -0.1) is 0 Å². The minimum Gasteiger partial charge on any atom is -0.309 e. The average molecular weight is 258 g/mol. The zero-order valence-corrected chi connectivity index (χ0v) is 10.1. The lowest BCUT2D eigenvalue weighted by atomic mass is 9.91. The highest BCUT2D eigenvalue weighted by atomic mass is 19.1. The van der Waals surface area contributed by atoms with Crippen molar-refractivity contribution in [3.05, 3.63) is 71.3 Å². The van der Waals surface area contributed by atoms with Crippen LogP contribution in [-0.4, -0.2) is 12.3 Å². The zero-order valence-electron chi connectivity index (χ0n) is 10.1. The van der Waals surface area contributed by atoms with Crippen molar-refractivity contribution >= 4 is 5.71 Å². The minimum atomic E-state index is -0.270. The van der Waals surface area contributed by atoms with E-state index in [0.29, 0.717) is 6.54 Å². The highest BCUT2D eigenvalue weighted by Crippen LogP contribution is 2.24. The van der Waals surface area contributed by atoms with E-state index in [2.05, 4.69) is 10.5 Å². The highest BCUT2D eigenvalue weighted by molar-refractivity contribution is 6.06. The molecule has 4 heteroatoms. The van der Waals surface area contributed by atoms with Crippen LogP contribution in [0.5, 0.6) is 0 Å². The molecule has 0 radical (unpaired) electrons. The maximum atomic E-state index is 13.0. The van der Waals surface area contributed by atoms with Crippen LogP contribution in [0.3, 0.4) is 0 Å². The fourth-order valence-electron chi connectivity index (χ4n) is 2.25. The number of hydrogen-bond acceptors (Lipinski definition) is 2. The Morgan fingerprint density at radius 2 is 1.47 bits per heavy atom. The molecular weight excluding hydrogens is 246 g/mol. The van der Waals surface area contributed by atoms with Crippen LogP contribution >= 0.6 is 0 Å². The number of benzene rings is 2. The maximum absolute atomic E-state index is 13.0. The van der Waals surface area contributed by atoms with E-state index >= 15 is 0 Å². The van der Waals surface area contributed by atoms with Crippen molar-refractivity contribution < 1.29 is 8.78 Å². The molecule has 1 atom stereocenters. The number of rotatable bonds is 2. The smallest absolute Gasteiger partial charge is 0.123 e. The van der Waals surface area contributed by atoms with Gasteiger partial charge in [-0.25, -0.2) is 8.78 Å². The SMILES string of the molecule is Fc1ccc(C2=NNCC2c2ccc(F)cc2)cc1. The summed E-state index contributed by atoms with van der Waals surface area (Å²) in [5, 5.41) is 4.27. The van der Waals surface area contributed by atoms with Crippen molar-refractivity contribution in [3.8, 4) is 0 Å². The third-order valence-electron chi connectivity index (χ3n) is 3.24. The van der Waals surface area contributed by atoms with Gasteiger partial charge in [-0.1, -0.05) is 24.3 Å². The predicted molar refractivity (Wildman–Crippen MR) is 70.1 cm³/mol. The normalized spacial score (nSPS) is 18.0. The van der Waals surface area contributed by atoms with Crippen LogP contribution in [0.2, 0.25) is 0 Å². The molecule has 96 valence electrons. The Labute approximate surface area is 109 Å². The third kappa shape index (κ3) is 2.34. The molecule has 2 nitrogen and oxygen atoms in total. The summed E-state index contributed by atoms with van der Waals surface area (Å²) >= 11 is 0. The van der Waals surface area contributed by atoms with Gasteiger partial charge >= 0.3 is 0 Å². The molecule has 1 N–H and O–H groups in total. The van der Waals surface area contributed by atoms with Gasteiger partial charge in [0.1, 0.15) is 11.6 Å². The van der Waals surface area contributed by atoms with Gasteiger partial charge in [0.05, 0.1) is 5.71 Å². The summed E-state index contributed by atoms with van der Waals surface area (Å²) in [5.74, 6) is -0.463. The van der Waals surface area contributed by atoms with Gasteiger partial charge in [0.25, 0.3) is 0 Å². The molecule has 1 aliphatic heterocycles. The molecular formula is C15H12F2N2. The zero-order chi connectivity index (χ0) is 13.2. The van der Waals surface area contributed by atoms with E-state index in [4.69, 9.17) is 0 Å². The summed E-state index contributed by atoms with van der Waals surface area (Å²) in [6.07, 6.45) is 0. The summed E-state index contributed by atoms with van der Waals surface area (Å²) in [6.45, 7) is 0.665. The van der Waals surface area contributed by atoms with E-state index in [-0.39, 0.29) is 17.6 Å². The molecule has 0 spiro atoms. The molecule has 1 heterocycles. The standard InChI is InChI=1S/C15H12F2N2/c16-12-5-1-10(2-6-12)14-9-18-19-15(14)11-3-7-13(17)8-4-11/h1-8,14,18H,9H2. The molecule has 19 heavy (non-hydrogen) atoms. The van der Waals surface area contributed by atoms with E-state index in [1.165, 1.54) is 24.3 Å². The monoisotopic (exact) mass is 258 g/mol. The van der Waals surface area contributed by atoms with Crippen LogP contribution in [0.4, 0.5) is 8.78 Å². The molecule has 0 bridgehead atoms. The second-order valence-electron chi connectivity index (χ2n) is 4.47. The van der Waals surface area contributed by atoms with E-state index < -0.39 is 0 Å². The molecule has 1 unspecified atom stereocenters. The van der Waals surface area contributed by atoms with Crippen molar-refractivity contribution in [2.24, 2.45) is 5.10 Å². The van der Waals surface area contributed by atoms with Crippen molar-refractivity contribution in [1.29, 1.82) is 0 Å². The fourth-order valence-corrected chi connectivity index (χ4v) is 2.25. The fraction of sp³-hybridized carbons (Fsp3) is 0.133. The van der Waals surface area contributed by atoms with Gasteiger partial charge < -0.3 is 5.43 Å². The second kappa shape index (κ2) is 4.80. The number of nitrogens with one attached hydrogen (secondary N) is 1. The third-order valence-corrected chi connectivity index (χ3v) is 3.24. The molecule has 2 aromatic rings. The first kappa shape index (κ1) is 11.8. The average Bonchev–Trinajstić information content (AvgIpc) is 2.90. The summed E-state index contributed by atoms with van der Waals surface area (Å²) in [7, 11) is 0. The number of hydrazone groups is 1. The van der Waals surface area contributed by atoms with E-state index in [9.17, 15) is 8.78 Å². The summed E-state index contributed by atoms with van der Waals surface area (Å²) in [6, 6.07) is 12.6. The molecule has 0 amide bonds. The minimum absolute atomic E-state index is 0.0612. The second-order valence-corrected chi connectivity index (χ2v) is 4.47. The molecule has 0 aromatic heterocycles. The molecule has 0 saturated heterocycles. The van der Waals surface area contributed by atoms with Crippen LogP contribution < -0.4 is 5.43 Å². The van der Waals surface area contributed by atoms with E-state index in [1.807, 2.05) is 0 Å². The Morgan fingerprint density at radius 3 is 2.11 bits per heavy atom. The number of halogens is 2. The van der Waals surface area contributed by atoms with Crippen molar-refractivity contribution in [2.45, 2.75) is 5.92 Å². The Hall–Kier alpha value is -2.23. The Morgan fingerprint density at radius 1 is 0.895 bits per heavy atom. The van der Waals surface area contributed by atoms with Gasteiger partial charge in [0, 0.05) is 12.5 Å². The predicted octanol–water partition coefficient (Wildman–Crippen LogP) is 3.06. The molecule has 3 rings (SSSR count). The van der Waals surface area contributed by atoms with Crippen LogP contribution in [0.25, 0.3) is 0 Å². The van der Waals surface area contributed by atoms with Gasteiger partial charge in [-0.05, 0) is 35.4 Å². The van der Waals surface area contributed by atoms with Crippen LogP contribution in [0.15, 0.2) is 53.6 Å². The molecule has 2 aromatic carbocycles. The quantitative estimate of drug-likeness (QED) is 0.879. The Bertz CT molecular complexity index is 603. The molecule has 0 saturated carbocycles. The van der Waals surface area contributed by atoms with E-state index in [1.54, 1.807) is 24.3 Å². The first-order valence-electron chi connectivity index (χ1n) is 6.06. The lowest BCUT2D eigenvalue weighted by Gasteiger charge is -2.12. The number of nitrogens with zero attached hydrogens (tertiary/aromatic N) is 1. The molecule has 1 aliphatic rings. The van der Waals surface area contributed by atoms with Gasteiger partial charge in [0.2, 0.25) is 0 Å². The summed E-state index contributed by atoms with van der Waals surface area (Å²) < 4.78 is 25.9. The number of hydrogen-bond donors (Lipinski definition) is 1. The van der Waals surface area contributed by atoms with Crippen molar-refractivity contribution in [1.82, 2.24) is 5.43 Å². The summed E-state index contributed by atoms with van der Waals surface area (Å²) in [4.78, 5) is 0. The van der Waals surface area contributed by atoms with Crippen molar-refractivity contribution in [3.63, 3.8) is 0 Å². The van der Waals surface area contributed by atoms with Crippen LogP contribution in [-0.2, 0) is 0 Å². The first-order chi connectivity index (χ1) is 9.24. The largest absolute Gasteiger partial charge is 0.309 e. The lowest BCUT2D eigenvalue weighted by Crippen LogP contribution is -2.14. The summed E-state index contributed by atoms with van der Waals surface area (Å²) in [5.41, 5.74) is 5.67. The molecule has 0 aliphatic carbocycles. The Balaban J connectivity index is 1.93. The Kier molecular flexibility index (Phi) is 2.99. The van der Waals surface area contributed by atoms with E-state index in [0.717, 1.165) is 16.8 Å². The van der Waals surface area contributed by atoms with Crippen LogP contribution in [0, 0.1) is 11.6 Å². The maximum Gasteiger partial charge on any atom is 0.123 e. The van der Waals surface area contributed by atoms with Gasteiger partial charge in [-0.2, -0.15) is 5.10 Å². The highest BCUT2D eigenvalue weighted by Gasteiger charge is 2.24. The molecule has 0 fully saturated rings. The first-order valence-corrected chi connectivity index (χ1v) is 6.06.